The number of ether oxygens (including phenoxy) is 2. The maximum Gasteiger partial charge on any atom is 0.199 e. The molecule has 1 unspecified atom stereocenters. The van der Waals surface area contributed by atoms with Crippen LogP contribution in [0.1, 0.15) is 29.8 Å². The molecular formula is C15H16FNO2S. The molecule has 1 saturated heterocycles. The van der Waals surface area contributed by atoms with Crippen LogP contribution in [0.5, 0.6) is 5.75 Å². The molecule has 1 atom stereocenters. The van der Waals surface area contributed by atoms with Crippen LogP contribution in [-0.4, -0.2) is 17.9 Å². The lowest BCUT2D eigenvalue weighted by molar-refractivity contribution is -0.106. The van der Waals surface area contributed by atoms with Crippen LogP contribution in [0, 0.1) is 5.82 Å². The summed E-state index contributed by atoms with van der Waals surface area (Å²) in [6, 6.07) is 4.61. The highest BCUT2D eigenvalue weighted by molar-refractivity contribution is 7.09. The lowest BCUT2D eigenvalue weighted by Crippen LogP contribution is -2.25. The number of hydrogen-bond donors (Lipinski definition) is 0. The number of aromatic nitrogens is 1. The van der Waals surface area contributed by atoms with Crippen molar-refractivity contribution < 1.29 is 13.9 Å². The first-order valence-corrected chi connectivity index (χ1v) is 7.64. The maximum absolute atomic E-state index is 13.5. The van der Waals surface area contributed by atoms with E-state index in [4.69, 9.17) is 9.47 Å². The lowest BCUT2D eigenvalue weighted by atomic mass is 10.1. The number of halogens is 1. The van der Waals surface area contributed by atoms with Crippen molar-refractivity contribution in [1.82, 2.24) is 4.98 Å². The molecule has 0 aliphatic carbocycles. The molecule has 3 nitrogen and oxygen atoms in total. The summed E-state index contributed by atoms with van der Waals surface area (Å²) < 4.78 is 24.9. The molecule has 1 aliphatic heterocycles. The van der Waals surface area contributed by atoms with Gasteiger partial charge in [0.15, 0.2) is 6.29 Å². The average Bonchev–Trinajstić information content (AvgIpc) is 2.96. The van der Waals surface area contributed by atoms with Gasteiger partial charge in [-0.3, -0.25) is 0 Å². The molecule has 0 amide bonds. The first kappa shape index (κ1) is 13.5. The van der Waals surface area contributed by atoms with Gasteiger partial charge in [0, 0.05) is 30.0 Å². The van der Waals surface area contributed by atoms with E-state index in [2.05, 4.69) is 4.98 Å². The number of benzene rings is 1. The molecule has 1 aliphatic rings. The van der Waals surface area contributed by atoms with E-state index in [1.807, 2.05) is 5.38 Å². The standard InChI is InChI=1S/C15H16FNO2S/c16-12-4-5-13(19-15-3-1-2-7-18-15)11(9-12)10-14-17-6-8-20-14/h4-6,8-9,15H,1-3,7,10H2. The van der Waals surface area contributed by atoms with Gasteiger partial charge in [-0.25, -0.2) is 9.37 Å². The topological polar surface area (TPSA) is 31.4 Å². The van der Waals surface area contributed by atoms with Gasteiger partial charge in [-0.1, -0.05) is 0 Å². The second kappa shape index (κ2) is 6.33. The predicted molar refractivity (Wildman–Crippen MR) is 75.5 cm³/mol. The summed E-state index contributed by atoms with van der Waals surface area (Å²) in [7, 11) is 0. The molecule has 1 aromatic carbocycles. The fourth-order valence-corrected chi connectivity index (χ4v) is 2.89. The van der Waals surface area contributed by atoms with Gasteiger partial charge in [-0.15, -0.1) is 11.3 Å². The third-order valence-corrected chi connectivity index (χ3v) is 4.02. The fraction of sp³-hybridized carbons (Fsp3) is 0.400. The van der Waals surface area contributed by atoms with E-state index < -0.39 is 0 Å². The van der Waals surface area contributed by atoms with Crippen molar-refractivity contribution in [3.63, 3.8) is 0 Å². The van der Waals surface area contributed by atoms with Gasteiger partial charge in [-0.2, -0.15) is 0 Å². The first-order valence-electron chi connectivity index (χ1n) is 6.76. The van der Waals surface area contributed by atoms with Crippen molar-refractivity contribution >= 4 is 11.3 Å². The van der Waals surface area contributed by atoms with Crippen LogP contribution in [0.15, 0.2) is 29.8 Å². The Morgan fingerprint density at radius 1 is 1.40 bits per heavy atom. The molecule has 2 aromatic rings. The minimum absolute atomic E-state index is 0.218. The van der Waals surface area contributed by atoms with E-state index in [0.717, 1.165) is 36.4 Å². The number of thiazole rings is 1. The Bertz CT molecular complexity index is 553. The third-order valence-electron chi connectivity index (χ3n) is 3.24. The summed E-state index contributed by atoms with van der Waals surface area (Å²) in [6.07, 6.45) is 5.18. The predicted octanol–water partition coefficient (Wildman–Crippen LogP) is 3.78. The van der Waals surface area contributed by atoms with Crippen LogP contribution < -0.4 is 4.74 Å². The SMILES string of the molecule is Fc1ccc(OC2CCCCO2)c(Cc2nccs2)c1. The zero-order valence-corrected chi connectivity index (χ0v) is 11.9. The first-order chi connectivity index (χ1) is 9.81. The number of hydrogen-bond acceptors (Lipinski definition) is 4. The van der Waals surface area contributed by atoms with Crippen LogP contribution in [0.2, 0.25) is 0 Å². The molecule has 0 radical (unpaired) electrons. The molecule has 0 bridgehead atoms. The van der Waals surface area contributed by atoms with Crippen molar-refractivity contribution in [2.75, 3.05) is 6.61 Å². The molecule has 0 spiro atoms. The zero-order valence-electron chi connectivity index (χ0n) is 11.0. The van der Waals surface area contributed by atoms with E-state index >= 15 is 0 Å². The van der Waals surface area contributed by atoms with E-state index in [9.17, 15) is 4.39 Å². The Labute approximate surface area is 121 Å². The van der Waals surface area contributed by atoms with Crippen LogP contribution in [0.4, 0.5) is 4.39 Å². The van der Waals surface area contributed by atoms with Gasteiger partial charge in [0.05, 0.1) is 11.6 Å². The van der Waals surface area contributed by atoms with Crippen LogP contribution >= 0.6 is 11.3 Å². The van der Waals surface area contributed by atoms with E-state index in [-0.39, 0.29) is 12.1 Å². The summed E-state index contributed by atoms with van der Waals surface area (Å²) in [6.45, 7) is 0.730. The van der Waals surface area contributed by atoms with Gasteiger partial charge in [0.25, 0.3) is 0 Å². The zero-order chi connectivity index (χ0) is 13.8. The minimum atomic E-state index is -0.256. The Balaban J connectivity index is 1.78. The molecule has 1 aromatic heterocycles. The Morgan fingerprint density at radius 2 is 2.35 bits per heavy atom. The molecule has 20 heavy (non-hydrogen) atoms. The van der Waals surface area contributed by atoms with Gasteiger partial charge >= 0.3 is 0 Å². The highest BCUT2D eigenvalue weighted by Crippen LogP contribution is 2.26. The smallest absolute Gasteiger partial charge is 0.199 e. The van der Waals surface area contributed by atoms with E-state index in [1.54, 1.807) is 23.6 Å². The quantitative estimate of drug-likeness (QED) is 0.859. The van der Waals surface area contributed by atoms with E-state index in [1.165, 1.54) is 12.1 Å². The molecule has 0 saturated carbocycles. The van der Waals surface area contributed by atoms with Gasteiger partial charge < -0.3 is 9.47 Å². The van der Waals surface area contributed by atoms with Gasteiger partial charge in [-0.05, 0) is 31.0 Å². The monoisotopic (exact) mass is 293 g/mol. The van der Waals surface area contributed by atoms with Gasteiger partial charge in [0.2, 0.25) is 0 Å². The van der Waals surface area contributed by atoms with Crippen molar-refractivity contribution in [3.05, 3.63) is 46.2 Å². The number of nitrogens with zero attached hydrogens (tertiary/aromatic N) is 1. The Morgan fingerprint density at radius 3 is 3.10 bits per heavy atom. The van der Waals surface area contributed by atoms with Crippen molar-refractivity contribution in [2.45, 2.75) is 32.0 Å². The van der Waals surface area contributed by atoms with Crippen LogP contribution in [0.3, 0.4) is 0 Å². The highest BCUT2D eigenvalue weighted by atomic mass is 32.1. The summed E-state index contributed by atoms with van der Waals surface area (Å²) in [5.41, 5.74) is 0.814. The largest absolute Gasteiger partial charge is 0.465 e. The molecule has 2 heterocycles. The molecular weight excluding hydrogens is 277 g/mol. The fourth-order valence-electron chi connectivity index (χ4n) is 2.25. The lowest BCUT2D eigenvalue weighted by Gasteiger charge is -2.24. The molecule has 106 valence electrons. The van der Waals surface area contributed by atoms with Gasteiger partial charge in [0.1, 0.15) is 11.6 Å². The average molecular weight is 293 g/mol. The van der Waals surface area contributed by atoms with Crippen molar-refractivity contribution in [1.29, 1.82) is 0 Å². The maximum atomic E-state index is 13.5. The summed E-state index contributed by atoms with van der Waals surface area (Å²) in [4.78, 5) is 4.24. The molecule has 0 N–H and O–H groups in total. The summed E-state index contributed by atoms with van der Waals surface area (Å²) in [5.74, 6) is 0.432. The van der Waals surface area contributed by atoms with Crippen molar-refractivity contribution in [3.8, 4) is 5.75 Å². The second-order valence-electron chi connectivity index (χ2n) is 4.77. The van der Waals surface area contributed by atoms with Crippen LogP contribution in [-0.2, 0) is 11.2 Å². The summed E-state index contributed by atoms with van der Waals surface area (Å²) in [5, 5.41) is 2.87. The molecule has 5 heteroatoms. The highest BCUT2D eigenvalue weighted by Gasteiger charge is 2.17. The van der Waals surface area contributed by atoms with Crippen molar-refractivity contribution in [2.24, 2.45) is 0 Å². The Kier molecular flexibility index (Phi) is 4.28. The van der Waals surface area contributed by atoms with E-state index in [0.29, 0.717) is 12.2 Å². The third kappa shape index (κ3) is 3.35. The molecule has 1 fully saturated rings. The number of rotatable bonds is 4. The second-order valence-corrected chi connectivity index (χ2v) is 5.75. The van der Waals surface area contributed by atoms with Crippen LogP contribution in [0.25, 0.3) is 0 Å². The summed E-state index contributed by atoms with van der Waals surface area (Å²) >= 11 is 1.56. The Hall–Kier alpha value is -1.46. The molecule has 3 rings (SSSR count). The normalized spacial score (nSPS) is 18.9. The minimum Gasteiger partial charge on any atom is -0.465 e.